The van der Waals surface area contributed by atoms with E-state index in [0.717, 1.165) is 10.6 Å². The molecule has 0 atom stereocenters. The molecule has 0 fully saturated rings. The lowest BCUT2D eigenvalue weighted by Gasteiger charge is -2.06. The Hall–Kier alpha value is -2.78. The molecule has 0 aliphatic rings. The Morgan fingerprint density at radius 2 is 1.83 bits per heavy atom. The molecule has 0 aliphatic carbocycles. The molecule has 6 heteroatoms. The Labute approximate surface area is 138 Å². The van der Waals surface area contributed by atoms with Crippen molar-refractivity contribution < 1.29 is 9.59 Å². The van der Waals surface area contributed by atoms with Gasteiger partial charge in [-0.15, -0.1) is 11.8 Å². The summed E-state index contributed by atoms with van der Waals surface area (Å²) >= 11 is 1.40. The van der Waals surface area contributed by atoms with Crippen molar-refractivity contribution in [2.24, 2.45) is 0 Å². The molecule has 0 aliphatic heterocycles. The average molecular weight is 325 g/mol. The van der Waals surface area contributed by atoms with Gasteiger partial charge in [0.05, 0.1) is 17.4 Å². The first-order valence-electron chi connectivity index (χ1n) is 6.87. The second kappa shape index (κ2) is 8.01. The van der Waals surface area contributed by atoms with E-state index >= 15 is 0 Å². The van der Waals surface area contributed by atoms with Crippen LogP contribution in [0.2, 0.25) is 0 Å². The van der Waals surface area contributed by atoms with Gasteiger partial charge in [-0.2, -0.15) is 5.26 Å². The predicted octanol–water partition coefficient (Wildman–Crippen LogP) is 3.25. The van der Waals surface area contributed by atoms with Gasteiger partial charge in [0.25, 0.3) is 0 Å². The smallest absolute Gasteiger partial charge is 0.234 e. The molecule has 0 saturated carbocycles. The monoisotopic (exact) mass is 325 g/mol. The van der Waals surface area contributed by atoms with Gasteiger partial charge < -0.3 is 10.6 Å². The zero-order valence-corrected chi connectivity index (χ0v) is 13.3. The minimum atomic E-state index is -0.143. The zero-order valence-electron chi connectivity index (χ0n) is 12.5. The summed E-state index contributed by atoms with van der Waals surface area (Å²) in [6.45, 7) is 1.45. The van der Waals surface area contributed by atoms with Crippen LogP contribution in [0.25, 0.3) is 0 Å². The summed E-state index contributed by atoms with van der Waals surface area (Å²) in [5.74, 6) is -0.00333. The molecule has 2 rings (SSSR count). The van der Waals surface area contributed by atoms with Gasteiger partial charge in [0.1, 0.15) is 0 Å². The lowest BCUT2D eigenvalue weighted by molar-refractivity contribution is -0.114. The number of hydrogen-bond acceptors (Lipinski definition) is 4. The summed E-state index contributed by atoms with van der Waals surface area (Å²) in [7, 11) is 0. The second-order valence-corrected chi connectivity index (χ2v) is 5.78. The van der Waals surface area contributed by atoms with Crippen LogP contribution in [0.3, 0.4) is 0 Å². The van der Waals surface area contributed by atoms with Crippen LogP contribution in [-0.4, -0.2) is 17.6 Å². The van der Waals surface area contributed by atoms with Crippen LogP contribution < -0.4 is 10.6 Å². The Bertz CT molecular complexity index is 751. The molecule has 116 valence electrons. The summed E-state index contributed by atoms with van der Waals surface area (Å²) in [5.41, 5.74) is 1.83. The number of nitriles is 1. The number of benzene rings is 2. The maximum absolute atomic E-state index is 11.9. The van der Waals surface area contributed by atoms with Crippen molar-refractivity contribution in [2.45, 2.75) is 11.8 Å². The van der Waals surface area contributed by atoms with Crippen LogP contribution in [0.5, 0.6) is 0 Å². The molecule has 23 heavy (non-hydrogen) atoms. The highest BCUT2D eigenvalue weighted by Crippen LogP contribution is 2.20. The highest BCUT2D eigenvalue weighted by atomic mass is 32.2. The van der Waals surface area contributed by atoms with Gasteiger partial charge in [-0.25, -0.2) is 0 Å². The van der Waals surface area contributed by atoms with E-state index < -0.39 is 0 Å². The van der Waals surface area contributed by atoms with E-state index in [2.05, 4.69) is 10.6 Å². The highest BCUT2D eigenvalue weighted by molar-refractivity contribution is 8.00. The summed E-state index contributed by atoms with van der Waals surface area (Å²) in [6.07, 6.45) is 0. The molecule has 0 heterocycles. The zero-order chi connectivity index (χ0) is 16.7. The molecule has 2 aromatic rings. The molecular formula is C17H15N3O2S. The van der Waals surface area contributed by atoms with Gasteiger partial charge in [0, 0.05) is 23.2 Å². The largest absolute Gasteiger partial charge is 0.326 e. The summed E-state index contributed by atoms with van der Waals surface area (Å²) < 4.78 is 0. The van der Waals surface area contributed by atoms with Crippen molar-refractivity contribution in [2.75, 3.05) is 16.4 Å². The number of carbonyl (C=O) groups excluding carboxylic acids is 2. The third-order valence-corrected chi connectivity index (χ3v) is 3.83. The predicted molar refractivity (Wildman–Crippen MR) is 91.3 cm³/mol. The van der Waals surface area contributed by atoms with Crippen molar-refractivity contribution in [3.8, 4) is 6.07 Å². The molecule has 0 spiro atoms. The number of carbonyl (C=O) groups is 2. The van der Waals surface area contributed by atoms with Crippen LogP contribution in [0.1, 0.15) is 12.5 Å². The Morgan fingerprint density at radius 1 is 1.09 bits per heavy atom. The third kappa shape index (κ3) is 5.49. The van der Waals surface area contributed by atoms with Crippen LogP contribution in [0.15, 0.2) is 53.4 Å². The van der Waals surface area contributed by atoms with E-state index in [-0.39, 0.29) is 17.6 Å². The van der Waals surface area contributed by atoms with Gasteiger partial charge in [0.15, 0.2) is 0 Å². The minimum Gasteiger partial charge on any atom is -0.326 e. The van der Waals surface area contributed by atoms with E-state index in [1.807, 2.05) is 18.2 Å². The molecule has 0 unspecified atom stereocenters. The number of thioether (sulfide) groups is 1. The molecule has 2 N–H and O–H groups in total. The van der Waals surface area contributed by atoms with Crippen LogP contribution in [0.4, 0.5) is 11.4 Å². The fourth-order valence-electron chi connectivity index (χ4n) is 1.85. The van der Waals surface area contributed by atoms with Gasteiger partial charge >= 0.3 is 0 Å². The lowest BCUT2D eigenvalue weighted by atomic mass is 10.2. The summed E-state index contributed by atoms with van der Waals surface area (Å²) in [6, 6.07) is 16.1. The Kier molecular flexibility index (Phi) is 5.78. The number of amides is 2. The SMILES string of the molecule is CC(=O)Nc1ccc(SCC(=O)Nc2cccc(C#N)c2)cc1. The minimum absolute atomic E-state index is 0.121. The van der Waals surface area contributed by atoms with E-state index in [4.69, 9.17) is 5.26 Å². The first kappa shape index (κ1) is 16.6. The fraction of sp³-hybridized carbons (Fsp3) is 0.118. The molecule has 2 amide bonds. The average Bonchev–Trinajstić information content (AvgIpc) is 2.54. The molecule has 0 aromatic heterocycles. The lowest BCUT2D eigenvalue weighted by Crippen LogP contribution is -2.14. The Morgan fingerprint density at radius 3 is 2.48 bits per heavy atom. The van der Waals surface area contributed by atoms with E-state index in [9.17, 15) is 9.59 Å². The van der Waals surface area contributed by atoms with E-state index in [1.54, 1.807) is 36.4 Å². The molecule has 2 aromatic carbocycles. The maximum Gasteiger partial charge on any atom is 0.234 e. The van der Waals surface area contributed by atoms with E-state index in [0.29, 0.717) is 11.3 Å². The van der Waals surface area contributed by atoms with Crippen molar-refractivity contribution in [3.05, 3.63) is 54.1 Å². The molecular weight excluding hydrogens is 310 g/mol. The molecule has 0 bridgehead atoms. The van der Waals surface area contributed by atoms with Gasteiger partial charge in [0.2, 0.25) is 11.8 Å². The van der Waals surface area contributed by atoms with Gasteiger partial charge in [-0.3, -0.25) is 9.59 Å². The normalized spacial score (nSPS) is 9.74. The summed E-state index contributed by atoms with van der Waals surface area (Å²) in [5, 5.41) is 14.3. The number of rotatable bonds is 5. The molecule has 0 radical (unpaired) electrons. The second-order valence-electron chi connectivity index (χ2n) is 4.74. The topological polar surface area (TPSA) is 82.0 Å². The number of hydrogen-bond donors (Lipinski definition) is 2. The maximum atomic E-state index is 11.9. The first-order valence-corrected chi connectivity index (χ1v) is 7.86. The van der Waals surface area contributed by atoms with Gasteiger partial charge in [-0.1, -0.05) is 6.07 Å². The highest BCUT2D eigenvalue weighted by Gasteiger charge is 2.05. The van der Waals surface area contributed by atoms with Crippen molar-refractivity contribution in [3.63, 3.8) is 0 Å². The quantitative estimate of drug-likeness (QED) is 0.827. The number of nitrogens with one attached hydrogen (secondary N) is 2. The van der Waals surface area contributed by atoms with Crippen molar-refractivity contribution in [1.82, 2.24) is 0 Å². The number of nitrogens with zero attached hydrogens (tertiary/aromatic N) is 1. The third-order valence-electron chi connectivity index (χ3n) is 2.82. The fourth-order valence-corrected chi connectivity index (χ4v) is 2.55. The summed E-state index contributed by atoms with van der Waals surface area (Å²) in [4.78, 5) is 23.8. The molecule has 5 nitrogen and oxygen atoms in total. The van der Waals surface area contributed by atoms with Crippen LogP contribution >= 0.6 is 11.8 Å². The first-order chi connectivity index (χ1) is 11.1. The van der Waals surface area contributed by atoms with Gasteiger partial charge in [-0.05, 0) is 42.5 Å². The number of anilines is 2. The van der Waals surface area contributed by atoms with Crippen LogP contribution in [-0.2, 0) is 9.59 Å². The Balaban J connectivity index is 1.86. The van der Waals surface area contributed by atoms with Crippen molar-refractivity contribution in [1.29, 1.82) is 5.26 Å². The molecule has 0 saturated heterocycles. The van der Waals surface area contributed by atoms with Crippen LogP contribution in [0, 0.1) is 11.3 Å². The van der Waals surface area contributed by atoms with E-state index in [1.165, 1.54) is 18.7 Å². The van der Waals surface area contributed by atoms with Crippen molar-refractivity contribution >= 4 is 35.0 Å². The standard InChI is InChI=1S/C17H15N3O2S/c1-12(21)19-14-5-7-16(8-6-14)23-11-17(22)20-15-4-2-3-13(9-15)10-18/h2-9H,11H2,1H3,(H,19,21)(H,20,22).